The Morgan fingerprint density at radius 2 is 1.31 bits per heavy atom. The van der Waals surface area contributed by atoms with Gasteiger partial charge in [0, 0.05) is 18.6 Å². The lowest BCUT2D eigenvalue weighted by Crippen LogP contribution is -2.69. The number of aliphatic hydroxyl groups excluding tert-OH is 5. The molecule has 15 N–H and O–H groups in total. The van der Waals surface area contributed by atoms with Crippen LogP contribution < -0.4 is 28.7 Å². The third-order valence-corrected chi connectivity index (χ3v) is 6.54. The molecule has 10 unspecified atom stereocenters. The van der Waals surface area contributed by atoms with Crippen molar-refractivity contribution in [1.82, 2.24) is 0 Å². The van der Waals surface area contributed by atoms with Gasteiger partial charge in [-0.3, -0.25) is 0 Å². The first-order valence-corrected chi connectivity index (χ1v) is 10.7. The largest absolute Gasteiger partial charge is 0.389 e. The Balaban J connectivity index is 1.79. The zero-order chi connectivity index (χ0) is 23.9. The van der Waals surface area contributed by atoms with Gasteiger partial charge in [-0.2, -0.15) is 0 Å². The summed E-state index contributed by atoms with van der Waals surface area (Å²) in [5.74, 6) is 0. The zero-order valence-corrected chi connectivity index (χ0v) is 17.8. The maximum Gasteiger partial charge on any atom is 0.187 e. The van der Waals surface area contributed by atoms with E-state index in [2.05, 4.69) is 0 Å². The molecule has 0 bridgehead atoms. The molecule has 0 aromatic rings. The van der Waals surface area contributed by atoms with Gasteiger partial charge >= 0.3 is 0 Å². The molecule has 188 valence electrons. The first kappa shape index (κ1) is 26.1. The lowest BCUT2D eigenvalue weighted by Gasteiger charge is -2.48. The molecule has 0 radical (unpaired) electrons. The van der Waals surface area contributed by atoms with Crippen LogP contribution in [0.5, 0.6) is 0 Å². The van der Waals surface area contributed by atoms with Gasteiger partial charge in [0.1, 0.15) is 42.7 Å². The molecule has 1 saturated carbocycles. The highest BCUT2D eigenvalue weighted by Crippen LogP contribution is 2.31. The van der Waals surface area contributed by atoms with Crippen molar-refractivity contribution in [3.05, 3.63) is 0 Å². The number of aliphatic hydroxyl groups is 5. The van der Waals surface area contributed by atoms with Crippen LogP contribution in [0.25, 0.3) is 0 Å². The minimum atomic E-state index is -1.50. The molecule has 0 aromatic carbocycles. The Kier molecular flexibility index (Phi) is 8.44. The number of nitrogens with two attached hydrogens (primary N) is 5. The van der Waals surface area contributed by atoms with E-state index in [1.54, 1.807) is 6.92 Å². The molecule has 1 aliphatic carbocycles. The lowest BCUT2D eigenvalue weighted by atomic mass is 9.84. The molecule has 2 aliphatic heterocycles. The lowest BCUT2D eigenvalue weighted by molar-refractivity contribution is -0.328. The molecular formula is C18H37N5O9. The molecule has 3 fully saturated rings. The van der Waals surface area contributed by atoms with E-state index in [0.29, 0.717) is 0 Å². The summed E-state index contributed by atoms with van der Waals surface area (Å²) in [6.07, 6.45) is -13.1. The molecule has 2 saturated heterocycles. The summed E-state index contributed by atoms with van der Waals surface area (Å²) < 4.78 is 22.9. The second kappa shape index (κ2) is 10.4. The van der Waals surface area contributed by atoms with Gasteiger partial charge in [-0.15, -0.1) is 0 Å². The van der Waals surface area contributed by atoms with Crippen LogP contribution in [0, 0.1) is 0 Å². The van der Waals surface area contributed by atoms with Gasteiger partial charge in [0.25, 0.3) is 0 Å². The standard InChI is InChI=1S/C18H37N5O9/c1-4-8(22)12(26)14(28)18(29-4)32-16-10(24)5(20)2-6(21)15(16)31-17-9(23)13(27)11(25)7(3-19)30-17/h4-18,24-28H,2-3,19-23H2,1H3/t4?,5?,6?,7?,8-,9?,10?,11-,12?,13?,14?,15?,16-,17-,18+/m1/s1. The van der Waals surface area contributed by atoms with E-state index in [1.807, 2.05) is 0 Å². The van der Waals surface area contributed by atoms with Crippen LogP contribution in [0.2, 0.25) is 0 Å². The molecule has 15 atom stereocenters. The number of hydrogen-bond donors (Lipinski definition) is 10. The molecule has 2 heterocycles. The fourth-order valence-corrected chi connectivity index (χ4v) is 4.35. The molecular weight excluding hydrogens is 430 g/mol. The van der Waals surface area contributed by atoms with Crippen molar-refractivity contribution < 1.29 is 44.5 Å². The molecule has 3 aliphatic rings. The number of hydrogen-bond acceptors (Lipinski definition) is 14. The van der Waals surface area contributed by atoms with Gasteiger partial charge in [0.15, 0.2) is 12.6 Å². The van der Waals surface area contributed by atoms with Crippen molar-refractivity contribution in [3.63, 3.8) is 0 Å². The topological polar surface area (TPSA) is 268 Å². The van der Waals surface area contributed by atoms with Crippen molar-refractivity contribution in [2.24, 2.45) is 28.7 Å². The molecule has 14 nitrogen and oxygen atoms in total. The summed E-state index contributed by atoms with van der Waals surface area (Å²) in [6.45, 7) is 1.50. The average Bonchev–Trinajstić information content (AvgIpc) is 2.76. The minimum absolute atomic E-state index is 0.104. The highest BCUT2D eigenvalue weighted by Gasteiger charge is 2.51. The van der Waals surface area contributed by atoms with E-state index < -0.39 is 91.7 Å². The molecule has 14 heteroatoms. The van der Waals surface area contributed by atoms with E-state index in [9.17, 15) is 25.5 Å². The third kappa shape index (κ3) is 4.94. The highest BCUT2D eigenvalue weighted by atomic mass is 16.7. The average molecular weight is 468 g/mol. The van der Waals surface area contributed by atoms with Gasteiger partial charge in [-0.1, -0.05) is 0 Å². The highest BCUT2D eigenvalue weighted by molar-refractivity contribution is 5.01. The Bertz CT molecular complexity index is 621. The summed E-state index contributed by atoms with van der Waals surface area (Å²) in [5, 5.41) is 51.6. The molecule has 3 rings (SSSR count). The van der Waals surface area contributed by atoms with Gasteiger partial charge in [0.2, 0.25) is 0 Å². The minimum Gasteiger partial charge on any atom is -0.389 e. The van der Waals surface area contributed by atoms with E-state index in [-0.39, 0.29) is 13.0 Å². The third-order valence-electron chi connectivity index (χ3n) is 6.54. The zero-order valence-electron chi connectivity index (χ0n) is 17.8. The SMILES string of the molecule is CC1O[C@@H](O[C@@H]2C(O)C(N)CC(N)C2O[C@H]2OC(CN)[C@@H](O)C(O)C2N)C(O)C(O)[C@@H]1N. The molecule has 32 heavy (non-hydrogen) atoms. The van der Waals surface area contributed by atoms with Crippen molar-refractivity contribution in [2.75, 3.05) is 6.54 Å². The van der Waals surface area contributed by atoms with Gasteiger partial charge < -0.3 is 73.1 Å². The quantitative estimate of drug-likeness (QED) is 0.180. The first-order chi connectivity index (χ1) is 15.0. The smallest absolute Gasteiger partial charge is 0.187 e. The number of ether oxygens (including phenoxy) is 4. The summed E-state index contributed by atoms with van der Waals surface area (Å²) in [7, 11) is 0. The van der Waals surface area contributed by atoms with Crippen molar-refractivity contribution in [1.29, 1.82) is 0 Å². The molecule has 0 spiro atoms. The fraction of sp³-hybridized carbons (Fsp3) is 1.00. The predicted molar refractivity (Wildman–Crippen MR) is 108 cm³/mol. The monoisotopic (exact) mass is 467 g/mol. The molecule has 0 aromatic heterocycles. The van der Waals surface area contributed by atoms with Crippen molar-refractivity contribution >= 4 is 0 Å². The Morgan fingerprint density at radius 1 is 0.719 bits per heavy atom. The Labute approximate surface area is 185 Å². The van der Waals surface area contributed by atoms with Crippen LogP contribution in [0.3, 0.4) is 0 Å². The van der Waals surface area contributed by atoms with Crippen LogP contribution in [0.15, 0.2) is 0 Å². The van der Waals surface area contributed by atoms with E-state index >= 15 is 0 Å². The fourth-order valence-electron chi connectivity index (χ4n) is 4.35. The first-order valence-electron chi connectivity index (χ1n) is 10.7. The van der Waals surface area contributed by atoms with Crippen LogP contribution in [-0.2, 0) is 18.9 Å². The Morgan fingerprint density at radius 3 is 1.94 bits per heavy atom. The van der Waals surface area contributed by atoms with Gasteiger partial charge in [-0.25, -0.2) is 0 Å². The van der Waals surface area contributed by atoms with Crippen LogP contribution >= 0.6 is 0 Å². The summed E-state index contributed by atoms with van der Waals surface area (Å²) in [5.41, 5.74) is 29.6. The van der Waals surface area contributed by atoms with Gasteiger partial charge in [-0.05, 0) is 13.3 Å². The molecule has 0 amide bonds. The summed E-state index contributed by atoms with van der Waals surface area (Å²) in [4.78, 5) is 0. The second-order valence-electron chi connectivity index (χ2n) is 8.86. The van der Waals surface area contributed by atoms with Crippen molar-refractivity contribution in [2.45, 2.75) is 105 Å². The van der Waals surface area contributed by atoms with Crippen molar-refractivity contribution in [3.8, 4) is 0 Å². The maximum atomic E-state index is 10.7. The summed E-state index contributed by atoms with van der Waals surface area (Å²) >= 11 is 0. The van der Waals surface area contributed by atoms with Crippen LogP contribution in [0.1, 0.15) is 13.3 Å². The van der Waals surface area contributed by atoms with E-state index in [0.717, 1.165) is 0 Å². The Hall–Kier alpha value is -0.560. The second-order valence-corrected chi connectivity index (χ2v) is 8.86. The van der Waals surface area contributed by atoms with Crippen LogP contribution in [-0.4, -0.2) is 124 Å². The van der Waals surface area contributed by atoms with E-state index in [4.69, 9.17) is 47.6 Å². The summed E-state index contributed by atoms with van der Waals surface area (Å²) in [6, 6.07) is -3.51. The van der Waals surface area contributed by atoms with Crippen LogP contribution in [0.4, 0.5) is 0 Å². The van der Waals surface area contributed by atoms with E-state index in [1.165, 1.54) is 0 Å². The van der Waals surface area contributed by atoms with Gasteiger partial charge in [0.05, 0.1) is 24.3 Å². The number of rotatable bonds is 5. The normalized spacial score (nSPS) is 55.0. The maximum absolute atomic E-state index is 10.7. The predicted octanol–water partition coefficient (Wildman–Crippen LogP) is -6.30.